The van der Waals surface area contributed by atoms with Gasteiger partial charge in [-0.15, -0.1) is 0 Å². The van der Waals surface area contributed by atoms with Crippen LogP contribution in [0.3, 0.4) is 0 Å². The molecular weight excluding hydrogens is 306 g/mol. The van der Waals surface area contributed by atoms with Gasteiger partial charge in [0, 0.05) is 18.7 Å². The molecule has 0 spiro atoms. The quantitative estimate of drug-likeness (QED) is 0.918. The highest BCUT2D eigenvalue weighted by molar-refractivity contribution is 5.99. The van der Waals surface area contributed by atoms with Gasteiger partial charge in [-0.2, -0.15) is 0 Å². The smallest absolute Gasteiger partial charge is 0.312 e. The van der Waals surface area contributed by atoms with Crippen molar-refractivity contribution in [2.75, 3.05) is 18.6 Å². The highest BCUT2D eigenvalue weighted by Crippen LogP contribution is 2.36. The van der Waals surface area contributed by atoms with Crippen molar-refractivity contribution in [2.45, 2.75) is 18.8 Å². The molecule has 0 saturated carbocycles. The number of carbonyl (C=O) groups excluding carboxylic acids is 1. The third-order valence-corrected chi connectivity index (χ3v) is 4.35. The van der Waals surface area contributed by atoms with Gasteiger partial charge in [0.05, 0.1) is 7.11 Å². The lowest BCUT2D eigenvalue weighted by molar-refractivity contribution is -0.138. The summed E-state index contributed by atoms with van der Waals surface area (Å²) in [6.45, 7) is 0.204. The van der Waals surface area contributed by atoms with Crippen LogP contribution in [0.2, 0.25) is 0 Å². The van der Waals surface area contributed by atoms with Crippen LogP contribution in [0, 0.1) is 0 Å². The molecule has 0 unspecified atom stereocenters. The van der Waals surface area contributed by atoms with Crippen molar-refractivity contribution in [1.82, 2.24) is 0 Å². The fourth-order valence-corrected chi connectivity index (χ4v) is 3.03. The van der Waals surface area contributed by atoms with Gasteiger partial charge in [0.25, 0.3) is 0 Å². The van der Waals surface area contributed by atoms with Crippen LogP contribution in [-0.4, -0.2) is 30.6 Å². The lowest BCUT2D eigenvalue weighted by atomic mass is 10.0. The molecule has 1 amide bonds. The highest BCUT2D eigenvalue weighted by atomic mass is 16.5. The Hall–Kier alpha value is -2.82. The number of ether oxygens (including phenoxy) is 1. The summed E-state index contributed by atoms with van der Waals surface area (Å²) in [5.41, 5.74) is 2.47. The Morgan fingerprint density at radius 2 is 1.88 bits per heavy atom. The van der Waals surface area contributed by atoms with Crippen molar-refractivity contribution in [3.8, 4) is 5.75 Å². The van der Waals surface area contributed by atoms with E-state index in [9.17, 15) is 14.7 Å². The number of aryl methyl sites for hydroxylation is 1. The van der Waals surface area contributed by atoms with Crippen molar-refractivity contribution in [1.29, 1.82) is 0 Å². The van der Waals surface area contributed by atoms with E-state index >= 15 is 0 Å². The summed E-state index contributed by atoms with van der Waals surface area (Å²) >= 11 is 0. The van der Waals surface area contributed by atoms with E-state index in [-0.39, 0.29) is 12.5 Å². The molecule has 1 atom stereocenters. The second kappa shape index (κ2) is 6.74. The van der Waals surface area contributed by atoms with Crippen LogP contribution in [-0.2, 0) is 16.0 Å². The number of benzene rings is 2. The maximum absolute atomic E-state index is 12.6. The normalized spacial score (nSPS) is 15.9. The summed E-state index contributed by atoms with van der Waals surface area (Å²) < 4.78 is 5.12. The summed E-state index contributed by atoms with van der Waals surface area (Å²) in [7, 11) is 1.61. The largest absolute Gasteiger partial charge is 0.497 e. The molecule has 0 aromatic heterocycles. The molecule has 1 heterocycles. The molecular formula is C19H19NO4. The lowest BCUT2D eigenvalue weighted by Crippen LogP contribution is -2.31. The predicted molar refractivity (Wildman–Crippen MR) is 90.5 cm³/mol. The number of carbonyl (C=O) groups is 2. The van der Waals surface area contributed by atoms with Crippen LogP contribution in [0.15, 0.2) is 48.5 Å². The van der Waals surface area contributed by atoms with Crippen LogP contribution < -0.4 is 9.64 Å². The molecule has 1 aliphatic heterocycles. The molecule has 3 rings (SSSR count). The van der Waals surface area contributed by atoms with Crippen LogP contribution in [0.4, 0.5) is 5.69 Å². The van der Waals surface area contributed by atoms with Crippen LogP contribution in [0.1, 0.15) is 23.5 Å². The van der Waals surface area contributed by atoms with Gasteiger partial charge in [0.2, 0.25) is 5.91 Å². The van der Waals surface area contributed by atoms with E-state index in [0.29, 0.717) is 24.1 Å². The average molecular weight is 325 g/mol. The molecule has 124 valence electrons. The molecule has 2 aromatic rings. The van der Waals surface area contributed by atoms with Crippen molar-refractivity contribution < 1.29 is 19.4 Å². The molecule has 1 N–H and O–H groups in total. The standard InChI is InChI=1S/C19H19NO4/c1-24-14-9-6-13(7-10-14)8-11-18(21)20-12-16(19(22)23)15-4-2-3-5-17(15)20/h2-7,9-10,16H,8,11-12H2,1H3,(H,22,23)/t16-/m0/s1. The molecule has 0 radical (unpaired) electrons. The number of rotatable bonds is 5. The zero-order valence-electron chi connectivity index (χ0n) is 13.4. The van der Waals surface area contributed by atoms with Gasteiger partial charge in [0.1, 0.15) is 11.7 Å². The first-order valence-electron chi connectivity index (χ1n) is 7.85. The van der Waals surface area contributed by atoms with E-state index in [0.717, 1.165) is 11.3 Å². The van der Waals surface area contributed by atoms with Gasteiger partial charge >= 0.3 is 5.97 Å². The lowest BCUT2D eigenvalue weighted by Gasteiger charge is -2.17. The van der Waals surface area contributed by atoms with Gasteiger partial charge in [-0.3, -0.25) is 9.59 Å². The van der Waals surface area contributed by atoms with E-state index in [1.165, 1.54) is 0 Å². The number of fused-ring (bicyclic) bond motifs is 1. The molecule has 0 aliphatic carbocycles. The highest BCUT2D eigenvalue weighted by Gasteiger charge is 2.35. The van der Waals surface area contributed by atoms with Gasteiger partial charge < -0.3 is 14.7 Å². The summed E-state index contributed by atoms with van der Waals surface area (Å²) in [6, 6.07) is 14.8. The zero-order valence-corrected chi connectivity index (χ0v) is 13.4. The summed E-state index contributed by atoms with van der Waals surface area (Å²) in [5.74, 6) is -0.816. The molecule has 24 heavy (non-hydrogen) atoms. The maximum Gasteiger partial charge on any atom is 0.312 e. The number of methoxy groups -OCH3 is 1. The third kappa shape index (κ3) is 3.11. The third-order valence-electron chi connectivity index (χ3n) is 4.35. The molecule has 0 bridgehead atoms. The molecule has 1 aliphatic rings. The number of aliphatic carboxylic acids is 1. The van der Waals surface area contributed by atoms with Crippen LogP contribution in [0.25, 0.3) is 0 Å². The topological polar surface area (TPSA) is 66.8 Å². The molecule has 5 heteroatoms. The monoisotopic (exact) mass is 325 g/mol. The number of hydrogen-bond acceptors (Lipinski definition) is 3. The zero-order chi connectivity index (χ0) is 17.1. The summed E-state index contributed by atoms with van der Waals surface area (Å²) in [4.78, 5) is 25.6. The average Bonchev–Trinajstić information content (AvgIpc) is 3.00. The first-order valence-corrected chi connectivity index (χ1v) is 7.85. The summed E-state index contributed by atoms with van der Waals surface area (Å²) in [5, 5.41) is 9.37. The van der Waals surface area contributed by atoms with Crippen molar-refractivity contribution in [3.05, 3.63) is 59.7 Å². The minimum atomic E-state index is -0.895. The van der Waals surface area contributed by atoms with E-state index < -0.39 is 11.9 Å². The number of amides is 1. The number of anilines is 1. The SMILES string of the molecule is COc1ccc(CCC(=O)N2C[C@H](C(=O)O)c3ccccc32)cc1. The Balaban J connectivity index is 1.70. The maximum atomic E-state index is 12.6. The minimum Gasteiger partial charge on any atom is -0.497 e. The summed E-state index contributed by atoms with van der Waals surface area (Å²) in [6.07, 6.45) is 0.951. The predicted octanol–water partition coefficient (Wildman–Crippen LogP) is 2.84. The minimum absolute atomic E-state index is 0.0537. The van der Waals surface area contributed by atoms with Gasteiger partial charge in [-0.25, -0.2) is 0 Å². The van der Waals surface area contributed by atoms with Gasteiger partial charge in [0.15, 0.2) is 0 Å². The Morgan fingerprint density at radius 3 is 2.54 bits per heavy atom. The number of nitrogens with zero attached hydrogens (tertiary/aromatic N) is 1. The van der Waals surface area contributed by atoms with E-state index in [1.54, 1.807) is 24.1 Å². The molecule has 2 aromatic carbocycles. The number of hydrogen-bond donors (Lipinski definition) is 1. The number of carboxylic acids is 1. The van der Waals surface area contributed by atoms with E-state index in [2.05, 4.69) is 0 Å². The number of carboxylic acid groups (broad SMARTS) is 1. The van der Waals surface area contributed by atoms with Crippen molar-refractivity contribution in [3.63, 3.8) is 0 Å². The molecule has 0 saturated heterocycles. The second-order valence-corrected chi connectivity index (χ2v) is 5.80. The first kappa shape index (κ1) is 16.1. The molecule has 0 fully saturated rings. The second-order valence-electron chi connectivity index (χ2n) is 5.80. The Morgan fingerprint density at radius 1 is 1.17 bits per heavy atom. The Kier molecular flexibility index (Phi) is 4.51. The van der Waals surface area contributed by atoms with Crippen molar-refractivity contribution >= 4 is 17.6 Å². The van der Waals surface area contributed by atoms with Gasteiger partial charge in [-0.05, 0) is 35.7 Å². The fraction of sp³-hybridized carbons (Fsp3) is 0.263. The Labute approximate surface area is 140 Å². The first-order chi connectivity index (χ1) is 11.6. The number of para-hydroxylation sites is 1. The van der Waals surface area contributed by atoms with E-state index in [4.69, 9.17) is 4.74 Å². The van der Waals surface area contributed by atoms with E-state index in [1.807, 2.05) is 36.4 Å². The van der Waals surface area contributed by atoms with Crippen molar-refractivity contribution in [2.24, 2.45) is 0 Å². The molecule has 5 nitrogen and oxygen atoms in total. The van der Waals surface area contributed by atoms with Crippen LogP contribution in [0.5, 0.6) is 5.75 Å². The van der Waals surface area contributed by atoms with Gasteiger partial charge in [-0.1, -0.05) is 30.3 Å². The Bertz CT molecular complexity index is 754. The van der Waals surface area contributed by atoms with Crippen LogP contribution >= 0.6 is 0 Å². The fourth-order valence-electron chi connectivity index (χ4n) is 3.03.